The molecule has 0 radical (unpaired) electrons. The normalized spacial score (nSPS) is 18.4. The van der Waals surface area contributed by atoms with E-state index in [4.69, 9.17) is 16.2 Å². The van der Waals surface area contributed by atoms with Gasteiger partial charge in [0.1, 0.15) is 11.4 Å². The molecule has 2 aromatic carbocycles. The van der Waals surface area contributed by atoms with Crippen molar-refractivity contribution < 1.29 is 41.5 Å². The predicted molar refractivity (Wildman–Crippen MR) is 166 cm³/mol. The molecule has 0 spiro atoms. The van der Waals surface area contributed by atoms with Gasteiger partial charge in [0.05, 0.1) is 11.4 Å². The first kappa shape index (κ1) is 36.7. The number of nitrogens with one attached hydrogen (secondary N) is 1. The Morgan fingerprint density at radius 1 is 1.11 bits per heavy atom. The smallest absolute Gasteiger partial charge is 0.389 e. The number of nitrogens with zero attached hydrogens (tertiary/aromatic N) is 2. The SMILES string of the molecule is C#C.CC1CC1.NC(=O)C[C@@H](CCC(F)(F)F)C(=O)N[C@H]1N=C(c2ccccc2)c2cccc(F)c2N(COC(=O)C2(N)CC2)C1=O. The molecule has 1 aliphatic heterocycles. The molecule has 2 saturated carbocycles. The van der Waals surface area contributed by atoms with Crippen molar-refractivity contribution in [3.63, 3.8) is 0 Å². The second-order valence-electron chi connectivity index (χ2n) is 11.6. The van der Waals surface area contributed by atoms with Crippen molar-refractivity contribution >= 4 is 35.1 Å². The molecule has 5 rings (SSSR count). The van der Waals surface area contributed by atoms with Gasteiger partial charge >= 0.3 is 12.1 Å². The van der Waals surface area contributed by atoms with E-state index in [1.54, 1.807) is 30.3 Å². The molecule has 2 fully saturated rings. The van der Waals surface area contributed by atoms with Crippen LogP contribution in [-0.2, 0) is 23.9 Å². The van der Waals surface area contributed by atoms with Gasteiger partial charge in [-0.25, -0.2) is 14.2 Å². The standard InChI is InChI=1S/C27H27F4N5O5.C4H8.C2H2/c28-18-8-4-7-17-20(15-5-2-1-3-6-15)34-22(35-23(38)16(13-19(32)37)9-10-27(29,30)31)24(39)36(21(17)18)14-41-25(40)26(33)11-12-26;1-4-2-3-4;1-2/h1-8,16,22H,9-14,33H2,(H2,32,37)(H,35,38);4H,2-3H2,1H3;1-2H/t16-,22-;;/m1../s1. The highest BCUT2D eigenvalue weighted by atomic mass is 19.4. The van der Waals surface area contributed by atoms with Crippen LogP contribution in [0.1, 0.15) is 63.0 Å². The largest absolute Gasteiger partial charge is 0.442 e. The first-order chi connectivity index (χ1) is 22.2. The van der Waals surface area contributed by atoms with E-state index in [0.29, 0.717) is 18.4 Å². The van der Waals surface area contributed by atoms with E-state index in [0.717, 1.165) is 16.9 Å². The number of carbonyl (C=O) groups is 4. The molecule has 5 N–H and O–H groups in total. The summed E-state index contributed by atoms with van der Waals surface area (Å²) in [6, 6.07) is 12.2. The molecule has 2 aromatic rings. The Morgan fingerprint density at radius 2 is 1.72 bits per heavy atom. The fraction of sp³-hybridized carbons (Fsp3) is 0.424. The quantitative estimate of drug-likeness (QED) is 0.199. The number of benzene rings is 2. The highest BCUT2D eigenvalue weighted by Gasteiger charge is 2.48. The van der Waals surface area contributed by atoms with Crippen LogP contribution < -0.4 is 21.7 Å². The number of primary amides is 1. The van der Waals surface area contributed by atoms with Gasteiger partial charge < -0.3 is 21.5 Å². The number of para-hydroxylation sites is 1. The lowest BCUT2D eigenvalue weighted by atomic mass is 9.97. The van der Waals surface area contributed by atoms with E-state index in [1.807, 2.05) is 0 Å². The highest BCUT2D eigenvalue weighted by molar-refractivity contribution is 6.20. The van der Waals surface area contributed by atoms with Crippen LogP contribution in [0.15, 0.2) is 53.5 Å². The van der Waals surface area contributed by atoms with Crippen molar-refractivity contribution in [1.82, 2.24) is 5.32 Å². The molecule has 3 aliphatic rings. The Hall–Kier alpha value is -4.77. The summed E-state index contributed by atoms with van der Waals surface area (Å²) in [6.07, 6.45) is 2.42. The zero-order chi connectivity index (χ0) is 34.9. The van der Waals surface area contributed by atoms with E-state index in [9.17, 15) is 32.3 Å². The lowest BCUT2D eigenvalue weighted by Gasteiger charge is -2.26. The third-order valence-corrected chi connectivity index (χ3v) is 7.58. The van der Waals surface area contributed by atoms with Crippen LogP contribution in [0, 0.1) is 30.5 Å². The zero-order valence-electron chi connectivity index (χ0n) is 25.8. The molecule has 0 unspecified atom stereocenters. The lowest BCUT2D eigenvalue weighted by molar-refractivity contribution is -0.147. The van der Waals surface area contributed by atoms with Crippen LogP contribution in [0.2, 0.25) is 0 Å². The Balaban J connectivity index is 0.000000912. The van der Waals surface area contributed by atoms with E-state index in [-0.39, 0.29) is 17.0 Å². The van der Waals surface area contributed by atoms with Crippen LogP contribution in [0.3, 0.4) is 0 Å². The molecule has 0 saturated heterocycles. The summed E-state index contributed by atoms with van der Waals surface area (Å²) >= 11 is 0. The Labute approximate surface area is 269 Å². The number of anilines is 1. The van der Waals surface area contributed by atoms with Crippen molar-refractivity contribution in [3.05, 3.63) is 65.5 Å². The van der Waals surface area contributed by atoms with Crippen LogP contribution in [0.5, 0.6) is 0 Å². The van der Waals surface area contributed by atoms with E-state index < -0.39 is 79.3 Å². The molecule has 47 heavy (non-hydrogen) atoms. The average molecular weight is 660 g/mol. The number of rotatable bonds is 10. The number of fused-ring (bicyclic) bond motifs is 1. The number of terminal acetylenes is 1. The maximum atomic E-state index is 15.3. The number of halogens is 4. The number of esters is 1. The van der Waals surface area contributed by atoms with E-state index in [1.165, 1.54) is 25.0 Å². The summed E-state index contributed by atoms with van der Waals surface area (Å²) in [4.78, 5) is 56.0. The first-order valence-electron chi connectivity index (χ1n) is 14.9. The van der Waals surface area contributed by atoms with Crippen molar-refractivity contribution in [2.24, 2.45) is 28.3 Å². The third kappa shape index (κ3) is 10.4. The summed E-state index contributed by atoms with van der Waals surface area (Å²) in [7, 11) is 0. The molecular formula is C33H37F4N5O5. The van der Waals surface area contributed by atoms with Gasteiger partial charge in [0.25, 0.3) is 5.91 Å². The fourth-order valence-electron chi connectivity index (χ4n) is 4.47. The van der Waals surface area contributed by atoms with Gasteiger partial charge in [-0.1, -0.05) is 62.2 Å². The minimum absolute atomic E-state index is 0.0757. The molecule has 0 bridgehead atoms. The minimum atomic E-state index is -4.62. The van der Waals surface area contributed by atoms with E-state index in [2.05, 4.69) is 30.1 Å². The molecule has 3 amide bonds. The number of carbonyl (C=O) groups excluding carboxylic acids is 4. The van der Waals surface area contributed by atoms with Crippen molar-refractivity contribution in [2.75, 3.05) is 11.6 Å². The highest BCUT2D eigenvalue weighted by Crippen LogP contribution is 2.35. The molecule has 10 nitrogen and oxygen atoms in total. The monoisotopic (exact) mass is 659 g/mol. The van der Waals surface area contributed by atoms with Crippen LogP contribution in [-0.4, -0.2) is 54.0 Å². The number of nitrogens with two attached hydrogens (primary N) is 2. The summed E-state index contributed by atoms with van der Waals surface area (Å²) in [5.74, 6) is -5.28. The molecule has 2 aliphatic carbocycles. The number of ether oxygens (including phenoxy) is 1. The van der Waals surface area contributed by atoms with Crippen molar-refractivity contribution in [3.8, 4) is 12.8 Å². The Morgan fingerprint density at radius 3 is 2.26 bits per heavy atom. The van der Waals surface area contributed by atoms with E-state index >= 15 is 4.39 Å². The number of amides is 3. The molecule has 252 valence electrons. The third-order valence-electron chi connectivity index (χ3n) is 7.58. The average Bonchev–Trinajstić information content (AvgIpc) is 3.97. The van der Waals surface area contributed by atoms with Gasteiger partial charge in [-0.05, 0) is 31.2 Å². The summed E-state index contributed by atoms with van der Waals surface area (Å²) in [6.45, 7) is 1.49. The second kappa shape index (κ2) is 15.7. The topological polar surface area (TPSA) is 157 Å². The molecule has 14 heteroatoms. The number of aliphatic imine (C=N–C) groups is 1. The predicted octanol–water partition coefficient (Wildman–Crippen LogP) is 3.94. The van der Waals surface area contributed by atoms with Crippen molar-refractivity contribution in [1.29, 1.82) is 0 Å². The van der Waals surface area contributed by atoms with Gasteiger partial charge in [-0.15, -0.1) is 12.8 Å². The van der Waals surface area contributed by atoms with Crippen LogP contribution in [0.4, 0.5) is 23.2 Å². The zero-order valence-corrected chi connectivity index (χ0v) is 25.8. The number of benzodiazepines with no additional fused rings is 1. The lowest BCUT2D eigenvalue weighted by Crippen LogP contribution is -2.50. The van der Waals surface area contributed by atoms with Gasteiger partial charge in [0.2, 0.25) is 18.0 Å². The van der Waals surface area contributed by atoms with Gasteiger partial charge in [-0.2, -0.15) is 13.2 Å². The maximum Gasteiger partial charge on any atom is 0.389 e. The molecule has 2 atom stereocenters. The van der Waals surface area contributed by atoms with Gasteiger partial charge in [0.15, 0.2) is 6.73 Å². The second-order valence-corrected chi connectivity index (χ2v) is 11.6. The summed E-state index contributed by atoms with van der Waals surface area (Å²) < 4.78 is 59.3. The summed E-state index contributed by atoms with van der Waals surface area (Å²) in [5, 5.41) is 2.28. The minimum Gasteiger partial charge on any atom is -0.442 e. The molecule has 0 aromatic heterocycles. The van der Waals surface area contributed by atoms with Crippen molar-refractivity contribution in [2.45, 2.75) is 69.8 Å². The Bertz CT molecular complexity index is 1500. The molecule has 1 heterocycles. The number of hydrogen-bond donors (Lipinski definition) is 3. The van der Waals surface area contributed by atoms with Crippen LogP contribution >= 0.6 is 0 Å². The van der Waals surface area contributed by atoms with Gasteiger partial charge in [0, 0.05) is 29.9 Å². The fourth-order valence-corrected chi connectivity index (χ4v) is 4.47. The number of alkyl halides is 3. The van der Waals surface area contributed by atoms with Gasteiger partial charge in [-0.3, -0.25) is 19.3 Å². The summed E-state index contributed by atoms with van der Waals surface area (Å²) in [5.41, 5.74) is 10.1. The Kier molecular flexibility index (Phi) is 12.2. The molecular weight excluding hydrogens is 622 g/mol. The maximum absolute atomic E-state index is 15.3. The first-order valence-corrected chi connectivity index (χ1v) is 14.9. The van der Waals surface area contributed by atoms with Crippen LogP contribution in [0.25, 0.3) is 0 Å². The number of hydrogen-bond acceptors (Lipinski definition) is 7.